The number of carboxylic acids is 1. The Morgan fingerprint density at radius 3 is 2.09 bits per heavy atom. The first-order chi connectivity index (χ1) is 10.6. The van der Waals surface area contributed by atoms with Crippen molar-refractivity contribution < 1.29 is 19.5 Å². The number of hydrogen-bond donors (Lipinski definition) is 2. The monoisotopic (exact) mass is 321 g/mol. The van der Waals surface area contributed by atoms with E-state index in [1.165, 1.54) is 18.5 Å². The van der Waals surface area contributed by atoms with Gasteiger partial charge in [0, 0.05) is 12.7 Å². The van der Waals surface area contributed by atoms with E-state index >= 15 is 0 Å². The number of hydrogen-bond acceptors (Lipinski definition) is 4. The highest BCUT2D eigenvalue weighted by Crippen LogP contribution is 2.21. The lowest BCUT2D eigenvalue weighted by Gasteiger charge is -2.02. The van der Waals surface area contributed by atoms with Gasteiger partial charge in [0.1, 0.15) is 12.2 Å². The Bertz CT molecular complexity index is 649. The van der Waals surface area contributed by atoms with Crippen LogP contribution in [0.15, 0.2) is 0 Å². The lowest BCUT2D eigenvalue weighted by atomic mass is 10.1. The van der Waals surface area contributed by atoms with Gasteiger partial charge in [0.25, 0.3) is 11.7 Å². The quantitative estimate of drug-likeness (QED) is 0.499. The van der Waals surface area contributed by atoms with Crippen LogP contribution in [0.4, 0.5) is 0 Å². The fourth-order valence-corrected chi connectivity index (χ4v) is 1.93. The number of nitrogens with zero attached hydrogens (tertiary/aromatic N) is 2. The number of carboxylic acid groups (broad SMARTS) is 1. The third kappa shape index (κ3) is 5.25. The maximum Gasteiger partial charge on any atom is 0.352 e. The summed E-state index contributed by atoms with van der Waals surface area (Å²) in [7, 11) is 1.51. The van der Waals surface area contributed by atoms with Gasteiger partial charge in [-0.3, -0.25) is 9.59 Å². The van der Waals surface area contributed by atoms with Crippen molar-refractivity contribution in [3.05, 3.63) is 22.5 Å². The number of nitrogens with one attached hydrogen (secondary N) is 1. The molecule has 23 heavy (non-hydrogen) atoms. The van der Waals surface area contributed by atoms with Crippen LogP contribution in [0.3, 0.4) is 0 Å². The highest BCUT2D eigenvalue weighted by atomic mass is 16.4. The van der Waals surface area contributed by atoms with Gasteiger partial charge >= 0.3 is 5.97 Å². The zero-order valence-corrected chi connectivity index (χ0v) is 14.4. The van der Waals surface area contributed by atoms with Crippen LogP contribution in [0.5, 0.6) is 0 Å². The molecule has 0 atom stereocenters. The molecule has 0 unspecified atom stereocenters. The number of ketones is 1. The molecule has 0 radical (unpaired) electrons. The highest BCUT2D eigenvalue weighted by molar-refractivity contribution is 6.43. The molecular weight excluding hydrogens is 298 g/mol. The van der Waals surface area contributed by atoms with E-state index in [-0.39, 0.29) is 23.4 Å². The van der Waals surface area contributed by atoms with Gasteiger partial charge in [-0.25, -0.2) is 4.79 Å². The molecule has 7 heteroatoms. The Morgan fingerprint density at radius 2 is 1.74 bits per heavy atom. The maximum absolute atomic E-state index is 12.0. The Balaban J connectivity index is 0.00000108. The highest BCUT2D eigenvalue weighted by Gasteiger charge is 2.27. The maximum atomic E-state index is 12.0. The summed E-state index contributed by atoms with van der Waals surface area (Å²) >= 11 is 0. The van der Waals surface area contributed by atoms with Crippen molar-refractivity contribution >= 4 is 17.7 Å². The van der Waals surface area contributed by atoms with Crippen molar-refractivity contribution in [2.45, 2.75) is 34.6 Å². The molecule has 0 fully saturated rings. The summed E-state index contributed by atoms with van der Waals surface area (Å²) in [6.07, 6.45) is 0. The zero-order valence-electron chi connectivity index (χ0n) is 14.4. The standard InChI is InChI=1S/C12H13N3O4.C4H10/c1-6-8(10(16)11(17)14-5-4-13)7(2)15(3)9(6)12(18)19;1-4(2)3/h5H2,1-3H3,(H,14,17)(H,18,19);4H,1-3H3. The molecule has 1 aromatic rings. The van der Waals surface area contributed by atoms with Gasteiger partial charge in [-0.1, -0.05) is 20.8 Å². The Morgan fingerprint density at radius 1 is 1.26 bits per heavy atom. The van der Waals surface area contributed by atoms with Gasteiger partial charge in [0.15, 0.2) is 0 Å². The van der Waals surface area contributed by atoms with Crippen molar-refractivity contribution in [3.63, 3.8) is 0 Å². The summed E-state index contributed by atoms with van der Waals surface area (Å²) in [5, 5.41) is 19.5. The molecule has 0 saturated heterocycles. The number of aromatic nitrogens is 1. The van der Waals surface area contributed by atoms with Crippen LogP contribution >= 0.6 is 0 Å². The van der Waals surface area contributed by atoms with E-state index in [1.807, 2.05) is 0 Å². The summed E-state index contributed by atoms with van der Waals surface area (Å²) in [5.74, 6) is -2.09. The van der Waals surface area contributed by atoms with Gasteiger partial charge in [0.05, 0.1) is 11.6 Å². The van der Waals surface area contributed by atoms with E-state index in [1.54, 1.807) is 13.0 Å². The third-order valence-corrected chi connectivity index (χ3v) is 2.89. The molecule has 2 N–H and O–H groups in total. The molecule has 1 amide bonds. The van der Waals surface area contributed by atoms with Crippen LogP contribution in [0.1, 0.15) is 52.9 Å². The van der Waals surface area contributed by atoms with Crippen LogP contribution < -0.4 is 5.32 Å². The minimum absolute atomic E-state index is 0.0334. The largest absolute Gasteiger partial charge is 0.477 e. The first-order valence-electron chi connectivity index (χ1n) is 7.14. The molecule has 1 rings (SSSR count). The van der Waals surface area contributed by atoms with Crippen molar-refractivity contribution in [2.24, 2.45) is 13.0 Å². The van der Waals surface area contributed by atoms with Crippen LogP contribution in [0.25, 0.3) is 0 Å². The minimum atomic E-state index is -1.17. The number of carbonyl (C=O) groups is 3. The second kappa shape index (κ2) is 8.73. The molecule has 0 aliphatic heterocycles. The van der Waals surface area contributed by atoms with E-state index < -0.39 is 17.7 Å². The first-order valence-corrected chi connectivity index (χ1v) is 7.14. The van der Waals surface area contributed by atoms with Crippen LogP contribution in [0.2, 0.25) is 0 Å². The molecule has 0 aliphatic carbocycles. The van der Waals surface area contributed by atoms with Crippen molar-refractivity contribution in [1.82, 2.24) is 9.88 Å². The Labute approximate surface area is 135 Å². The number of amides is 1. The summed E-state index contributed by atoms with van der Waals surface area (Å²) < 4.78 is 1.35. The Hall–Kier alpha value is -2.62. The van der Waals surface area contributed by atoms with Crippen molar-refractivity contribution in [2.75, 3.05) is 6.54 Å². The van der Waals surface area contributed by atoms with Gasteiger partial charge in [-0.15, -0.1) is 0 Å². The molecule has 126 valence electrons. The molecule has 1 aromatic heterocycles. The lowest BCUT2D eigenvalue weighted by molar-refractivity contribution is -0.116. The molecule has 0 saturated carbocycles. The average molecular weight is 321 g/mol. The second-order valence-corrected chi connectivity index (χ2v) is 5.70. The third-order valence-electron chi connectivity index (χ3n) is 2.89. The topological polar surface area (TPSA) is 112 Å². The van der Waals surface area contributed by atoms with Gasteiger partial charge in [-0.05, 0) is 25.3 Å². The van der Waals surface area contributed by atoms with E-state index in [2.05, 4.69) is 26.1 Å². The van der Waals surface area contributed by atoms with Gasteiger partial charge in [-0.2, -0.15) is 5.26 Å². The van der Waals surface area contributed by atoms with Crippen LogP contribution in [0, 0.1) is 31.1 Å². The molecule has 0 bridgehead atoms. The second-order valence-electron chi connectivity index (χ2n) is 5.70. The number of nitriles is 1. The molecule has 0 spiro atoms. The van der Waals surface area contributed by atoms with E-state index in [0.717, 1.165) is 5.92 Å². The van der Waals surface area contributed by atoms with Crippen LogP contribution in [-0.2, 0) is 11.8 Å². The summed E-state index contributed by atoms with van der Waals surface area (Å²) in [5.41, 5.74) is 0.667. The van der Waals surface area contributed by atoms with E-state index in [9.17, 15) is 14.4 Å². The molecule has 7 nitrogen and oxygen atoms in total. The predicted molar refractivity (Wildman–Crippen MR) is 85.3 cm³/mol. The number of Topliss-reactive ketones (excluding diaryl/α,β-unsaturated/α-hetero) is 1. The van der Waals surface area contributed by atoms with Crippen LogP contribution in [-0.4, -0.2) is 33.9 Å². The van der Waals surface area contributed by atoms with Crippen molar-refractivity contribution in [1.29, 1.82) is 5.26 Å². The minimum Gasteiger partial charge on any atom is -0.477 e. The van der Waals surface area contributed by atoms with Crippen molar-refractivity contribution in [3.8, 4) is 6.07 Å². The lowest BCUT2D eigenvalue weighted by Crippen LogP contribution is -2.31. The normalized spacial score (nSPS) is 9.65. The van der Waals surface area contributed by atoms with Gasteiger partial charge < -0.3 is 15.0 Å². The number of rotatable bonds is 4. The van der Waals surface area contributed by atoms with Gasteiger partial charge in [0.2, 0.25) is 0 Å². The predicted octanol–water partition coefficient (Wildman–Crippen LogP) is 1.82. The number of aromatic carboxylic acids is 1. The zero-order chi connectivity index (χ0) is 18.3. The molecule has 0 aliphatic rings. The summed E-state index contributed by atoms with van der Waals surface area (Å²) in [4.78, 5) is 34.6. The molecular formula is C16H23N3O4. The summed E-state index contributed by atoms with van der Waals surface area (Å²) in [6.45, 7) is 9.26. The smallest absolute Gasteiger partial charge is 0.352 e. The fourth-order valence-electron chi connectivity index (χ4n) is 1.93. The first kappa shape index (κ1) is 20.4. The summed E-state index contributed by atoms with van der Waals surface area (Å²) in [6, 6.07) is 1.69. The van der Waals surface area contributed by atoms with E-state index in [4.69, 9.17) is 10.4 Å². The average Bonchev–Trinajstić information content (AvgIpc) is 2.65. The van der Waals surface area contributed by atoms with E-state index in [0.29, 0.717) is 5.69 Å². The molecule has 0 aromatic carbocycles. The number of carbonyl (C=O) groups excluding carboxylic acids is 2. The SMILES string of the molecule is CC(C)C.Cc1c(C(=O)C(=O)NCC#N)c(C)n(C)c1C(=O)O. The Kier molecular flexibility index (Phi) is 7.74. The molecule has 1 heterocycles. The fraction of sp³-hybridized carbons (Fsp3) is 0.500.